The van der Waals surface area contributed by atoms with Gasteiger partial charge in [0.05, 0.1) is 51.4 Å². The second-order valence-electron chi connectivity index (χ2n) is 10.8. The van der Waals surface area contributed by atoms with E-state index in [1.807, 2.05) is 4.90 Å². The van der Waals surface area contributed by atoms with E-state index in [1.165, 1.54) is 25.4 Å². The first-order chi connectivity index (χ1) is 22.3. The lowest BCUT2D eigenvalue weighted by atomic mass is 10.0. The fourth-order valence-corrected chi connectivity index (χ4v) is 5.05. The molecule has 0 atom stereocenters. The van der Waals surface area contributed by atoms with Gasteiger partial charge in [-0.3, -0.25) is 14.5 Å². The molecule has 2 heterocycles. The number of methoxy groups -OCH3 is 2. The highest BCUT2D eigenvalue weighted by molar-refractivity contribution is 5.97. The summed E-state index contributed by atoms with van der Waals surface area (Å²) >= 11 is 0. The fourth-order valence-electron chi connectivity index (χ4n) is 5.05. The molecule has 0 bridgehead atoms. The number of halogens is 6. The van der Waals surface area contributed by atoms with Crippen LogP contribution in [0.4, 0.5) is 26.3 Å². The van der Waals surface area contributed by atoms with Crippen LogP contribution in [0.15, 0.2) is 59.2 Å². The molecule has 0 unspecified atom stereocenters. The topological polar surface area (TPSA) is 84.7 Å². The number of hydrogen-bond donors (Lipinski definition) is 0. The number of hydrogen-bond acceptors (Lipinski definition) is 7. The maximum atomic E-state index is 13.8. The van der Waals surface area contributed by atoms with Crippen molar-refractivity contribution in [1.29, 1.82) is 0 Å². The zero-order valence-corrected chi connectivity index (χ0v) is 25.8. The van der Waals surface area contributed by atoms with Crippen molar-refractivity contribution in [3.05, 3.63) is 82.8 Å². The van der Waals surface area contributed by atoms with Crippen molar-refractivity contribution >= 4 is 11.8 Å². The van der Waals surface area contributed by atoms with Gasteiger partial charge in [-0.1, -0.05) is 6.07 Å². The number of carbonyl (C=O) groups is 2. The average Bonchev–Trinajstić information content (AvgIpc) is 3.57. The summed E-state index contributed by atoms with van der Waals surface area (Å²) in [6.07, 6.45) is -8.52. The molecule has 0 N–H and O–H groups in total. The molecule has 1 aliphatic heterocycles. The molecule has 1 saturated heterocycles. The number of morpholine rings is 1. The van der Waals surface area contributed by atoms with Crippen molar-refractivity contribution in [1.82, 2.24) is 14.7 Å². The Labute approximate surface area is 267 Å². The van der Waals surface area contributed by atoms with Gasteiger partial charge in [0.2, 0.25) is 5.91 Å². The van der Waals surface area contributed by atoms with E-state index in [0.29, 0.717) is 62.1 Å². The smallest absolute Gasteiger partial charge is 0.416 e. The first-order valence-electron chi connectivity index (χ1n) is 14.7. The highest BCUT2D eigenvalue weighted by Crippen LogP contribution is 2.36. The van der Waals surface area contributed by atoms with E-state index < -0.39 is 47.4 Å². The quantitative estimate of drug-likeness (QED) is 0.226. The zero-order valence-electron chi connectivity index (χ0n) is 25.8. The van der Waals surface area contributed by atoms with Crippen LogP contribution in [0.3, 0.4) is 0 Å². The maximum Gasteiger partial charge on any atom is 0.416 e. The van der Waals surface area contributed by atoms with E-state index >= 15 is 0 Å². The number of amides is 2. The summed E-state index contributed by atoms with van der Waals surface area (Å²) in [5.41, 5.74) is -3.28. The Bertz CT molecular complexity index is 1460. The van der Waals surface area contributed by atoms with Crippen molar-refractivity contribution in [3.8, 4) is 11.5 Å². The fraction of sp³-hybridized carbons (Fsp3) is 0.438. The Morgan fingerprint density at radius 2 is 1.51 bits per heavy atom. The predicted molar refractivity (Wildman–Crippen MR) is 157 cm³/mol. The van der Waals surface area contributed by atoms with Gasteiger partial charge in [-0.25, -0.2) is 0 Å². The molecule has 256 valence electrons. The normalized spacial score (nSPS) is 14.1. The molecule has 0 aliphatic carbocycles. The molecule has 1 aliphatic rings. The SMILES string of the molecule is COc1ccc(CCN(Cc2ccco2)C(=O)CN(CCN2CCOCC2)C(=O)c2cc(C(F)(F)F)cc(C(F)(F)F)c2)cc1OC. The van der Waals surface area contributed by atoms with E-state index in [-0.39, 0.29) is 32.2 Å². The van der Waals surface area contributed by atoms with Crippen LogP contribution in [-0.4, -0.2) is 93.2 Å². The van der Waals surface area contributed by atoms with E-state index in [2.05, 4.69) is 0 Å². The molecule has 4 rings (SSSR count). The maximum absolute atomic E-state index is 13.8. The van der Waals surface area contributed by atoms with Crippen LogP contribution >= 0.6 is 0 Å². The van der Waals surface area contributed by atoms with E-state index in [9.17, 15) is 35.9 Å². The number of furan rings is 1. The average molecular weight is 672 g/mol. The van der Waals surface area contributed by atoms with Gasteiger partial charge in [0.15, 0.2) is 11.5 Å². The van der Waals surface area contributed by atoms with Gasteiger partial charge in [0, 0.05) is 38.3 Å². The summed E-state index contributed by atoms with van der Waals surface area (Å²) in [5, 5.41) is 0. The Kier molecular flexibility index (Phi) is 11.8. The molecule has 9 nitrogen and oxygen atoms in total. The molecule has 0 radical (unpaired) electrons. The molecule has 1 fully saturated rings. The third kappa shape index (κ3) is 9.88. The van der Waals surface area contributed by atoms with Gasteiger partial charge in [-0.15, -0.1) is 0 Å². The number of benzene rings is 2. The highest BCUT2D eigenvalue weighted by Gasteiger charge is 2.38. The Balaban J connectivity index is 1.62. The van der Waals surface area contributed by atoms with Gasteiger partial charge < -0.3 is 28.4 Å². The minimum atomic E-state index is -5.14. The lowest BCUT2D eigenvalue weighted by Gasteiger charge is -2.31. The van der Waals surface area contributed by atoms with Crippen molar-refractivity contribution in [2.75, 3.05) is 66.7 Å². The summed E-state index contributed by atoms with van der Waals surface area (Å²) in [7, 11) is 2.98. The monoisotopic (exact) mass is 671 g/mol. The standard InChI is InChI=1S/C32H35F6N3O6/c1-44-27-6-5-22(16-28(27)45-2)7-8-40(20-26-4-3-13-47-26)29(42)21-41(10-9-39-11-14-46-15-12-39)30(43)23-17-24(31(33,34)35)19-25(18-23)32(36,37)38/h3-6,13,16-19H,7-12,14-15,20-21H2,1-2H3. The summed E-state index contributed by atoms with van der Waals surface area (Å²) in [4.78, 5) is 31.8. The summed E-state index contributed by atoms with van der Waals surface area (Å²) in [6, 6.07) is 9.25. The van der Waals surface area contributed by atoms with Crippen molar-refractivity contribution in [2.45, 2.75) is 25.3 Å². The third-order valence-electron chi connectivity index (χ3n) is 7.64. The van der Waals surface area contributed by atoms with Crippen molar-refractivity contribution < 1.29 is 54.6 Å². The lowest BCUT2D eigenvalue weighted by Crippen LogP contribution is -2.47. The first-order valence-corrected chi connectivity index (χ1v) is 14.7. The molecule has 15 heteroatoms. The Morgan fingerprint density at radius 1 is 0.851 bits per heavy atom. The number of nitrogens with zero attached hydrogens (tertiary/aromatic N) is 3. The largest absolute Gasteiger partial charge is 0.493 e. The number of ether oxygens (including phenoxy) is 3. The Morgan fingerprint density at radius 3 is 2.09 bits per heavy atom. The molecule has 3 aromatic rings. The molecule has 1 aromatic heterocycles. The lowest BCUT2D eigenvalue weighted by molar-refractivity contribution is -0.143. The van der Waals surface area contributed by atoms with Gasteiger partial charge >= 0.3 is 12.4 Å². The van der Waals surface area contributed by atoms with Crippen LogP contribution in [-0.2, 0) is 34.8 Å². The molecule has 2 aromatic carbocycles. The van der Waals surface area contributed by atoms with Gasteiger partial charge in [-0.05, 0) is 54.4 Å². The van der Waals surface area contributed by atoms with Crippen molar-refractivity contribution in [3.63, 3.8) is 0 Å². The van der Waals surface area contributed by atoms with Crippen LogP contribution in [0, 0.1) is 0 Å². The molecular formula is C32H35F6N3O6. The second kappa shape index (κ2) is 15.6. The third-order valence-corrected chi connectivity index (χ3v) is 7.64. The minimum Gasteiger partial charge on any atom is -0.493 e. The summed E-state index contributed by atoms with van der Waals surface area (Å²) < 4.78 is 103. The zero-order chi connectivity index (χ0) is 34.2. The first kappa shape index (κ1) is 35.6. The van der Waals surface area contributed by atoms with Gasteiger partial charge in [0.25, 0.3) is 5.91 Å². The van der Waals surface area contributed by atoms with Crippen LogP contribution in [0.5, 0.6) is 11.5 Å². The number of carbonyl (C=O) groups excluding carboxylic acids is 2. The number of rotatable bonds is 13. The predicted octanol–water partition coefficient (Wildman–Crippen LogP) is 5.38. The van der Waals surface area contributed by atoms with Crippen LogP contribution in [0.2, 0.25) is 0 Å². The van der Waals surface area contributed by atoms with Crippen LogP contribution < -0.4 is 9.47 Å². The van der Waals surface area contributed by atoms with E-state index in [1.54, 1.807) is 30.3 Å². The van der Waals surface area contributed by atoms with Crippen molar-refractivity contribution in [2.24, 2.45) is 0 Å². The van der Waals surface area contributed by atoms with Gasteiger partial charge in [-0.2, -0.15) is 26.3 Å². The van der Waals surface area contributed by atoms with E-state index in [0.717, 1.165) is 10.5 Å². The van der Waals surface area contributed by atoms with Gasteiger partial charge in [0.1, 0.15) is 12.3 Å². The second-order valence-corrected chi connectivity index (χ2v) is 10.8. The summed E-state index contributed by atoms with van der Waals surface area (Å²) in [6.45, 7) is 1.48. The molecule has 0 spiro atoms. The van der Waals surface area contributed by atoms with E-state index in [4.69, 9.17) is 18.6 Å². The Hall–Kier alpha value is -4.24. The molecule has 47 heavy (non-hydrogen) atoms. The van der Waals surface area contributed by atoms with Crippen LogP contribution in [0.25, 0.3) is 0 Å². The van der Waals surface area contributed by atoms with Crippen LogP contribution in [0.1, 0.15) is 32.8 Å². The summed E-state index contributed by atoms with van der Waals surface area (Å²) in [5.74, 6) is -0.295. The highest BCUT2D eigenvalue weighted by atomic mass is 19.4. The minimum absolute atomic E-state index is 0.00635. The number of alkyl halides is 6. The molecule has 0 saturated carbocycles. The molecular weight excluding hydrogens is 636 g/mol. The molecule has 2 amide bonds.